The third-order valence-electron chi connectivity index (χ3n) is 11.9. The molecule has 3 aliphatic carbocycles. The number of para-hydroxylation sites is 2. The molecule has 2 aromatic heterocycles. The molecule has 11 rings (SSSR count). The lowest BCUT2D eigenvalue weighted by atomic mass is 9.33. The minimum atomic E-state index is 0.0114. The van der Waals surface area contributed by atoms with Crippen molar-refractivity contribution in [2.24, 2.45) is 0 Å². The average Bonchev–Trinajstić information content (AvgIpc) is 3.59. The molecular formula is C42H42BN3. The van der Waals surface area contributed by atoms with Gasteiger partial charge in [0.15, 0.2) is 0 Å². The van der Waals surface area contributed by atoms with E-state index in [0.717, 1.165) is 0 Å². The Kier molecular flexibility index (Phi) is 5.16. The van der Waals surface area contributed by atoms with Gasteiger partial charge in [-0.15, -0.1) is 0 Å². The summed E-state index contributed by atoms with van der Waals surface area (Å²) in [6, 6.07) is 32.8. The van der Waals surface area contributed by atoms with Gasteiger partial charge in [0.2, 0.25) is 0 Å². The van der Waals surface area contributed by atoms with Crippen LogP contribution in [-0.4, -0.2) is 15.7 Å². The minimum absolute atomic E-state index is 0.0114. The molecule has 0 spiro atoms. The predicted octanol–water partition coefficient (Wildman–Crippen LogP) is 8.85. The van der Waals surface area contributed by atoms with Crippen molar-refractivity contribution in [2.45, 2.75) is 89.9 Å². The van der Waals surface area contributed by atoms with E-state index in [9.17, 15) is 0 Å². The van der Waals surface area contributed by atoms with Gasteiger partial charge >= 0.3 is 0 Å². The Hall–Kier alpha value is -4.18. The third-order valence-corrected chi connectivity index (χ3v) is 11.9. The van der Waals surface area contributed by atoms with Crippen LogP contribution < -0.4 is 21.3 Å². The number of nitrogens with zero attached hydrogens (tertiary/aromatic N) is 3. The maximum Gasteiger partial charge on any atom is 0.255 e. The van der Waals surface area contributed by atoms with Crippen LogP contribution in [0.15, 0.2) is 84.9 Å². The summed E-state index contributed by atoms with van der Waals surface area (Å²) >= 11 is 0. The molecule has 2 aliphatic heterocycles. The van der Waals surface area contributed by atoms with Crippen LogP contribution in [0.1, 0.15) is 102 Å². The molecule has 3 nitrogen and oxygen atoms in total. The van der Waals surface area contributed by atoms with Crippen LogP contribution in [0, 0.1) is 0 Å². The molecule has 0 unspecified atom stereocenters. The Morgan fingerprint density at radius 1 is 0.609 bits per heavy atom. The van der Waals surface area contributed by atoms with Gasteiger partial charge in [-0.3, -0.25) is 8.97 Å². The zero-order valence-electron chi connectivity index (χ0n) is 28.0. The Morgan fingerprint density at radius 3 is 1.98 bits per heavy atom. The lowest BCUT2D eigenvalue weighted by Gasteiger charge is -2.42. The first-order valence-corrected chi connectivity index (χ1v) is 17.5. The zero-order valence-corrected chi connectivity index (χ0v) is 28.0. The van der Waals surface area contributed by atoms with Crippen molar-refractivity contribution in [3.05, 3.63) is 107 Å². The average molecular weight is 600 g/mol. The molecule has 6 aromatic rings. The SMILES string of the molecule is CC(C)(C)c1cc2c3c(c1)-n1c4c(n5c6cc(C(C)(C)C)ccc6c(c15)B3c1ccccc1N2c1ccccc1)C1CCC4CC1. The van der Waals surface area contributed by atoms with Crippen molar-refractivity contribution in [3.8, 4) is 5.69 Å². The third kappa shape index (κ3) is 3.35. The molecule has 1 saturated carbocycles. The van der Waals surface area contributed by atoms with Crippen molar-refractivity contribution in [2.75, 3.05) is 4.90 Å². The van der Waals surface area contributed by atoms with Crippen LogP contribution in [0.25, 0.3) is 22.2 Å². The van der Waals surface area contributed by atoms with E-state index >= 15 is 0 Å². The second-order valence-electron chi connectivity index (χ2n) is 16.6. The molecule has 5 aliphatic rings. The first-order chi connectivity index (χ1) is 22.1. The maximum atomic E-state index is 2.79. The van der Waals surface area contributed by atoms with Crippen molar-refractivity contribution < 1.29 is 0 Å². The van der Waals surface area contributed by atoms with Gasteiger partial charge in [-0.2, -0.15) is 0 Å². The summed E-state index contributed by atoms with van der Waals surface area (Å²) < 4.78 is 5.56. The predicted molar refractivity (Wildman–Crippen MR) is 195 cm³/mol. The fourth-order valence-electron chi connectivity index (χ4n) is 9.62. The fourth-order valence-corrected chi connectivity index (χ4v) is 9.62. The molecule has 0 radical (unpaired) electrons. The fraction of sp³-hybridized carbons (Fsp3) is 0.333. The van der Waals surface area contributed by atoms with Crippen molar-refractivity contribution >= 4 is 56.7 Å². The van der Waals surface area contributed by atoms with Crippen LogP contribution in [0.4, 0.5) is 17.1 Å². The summed E-state index contributed by atoms with van der Waals surface area (Å²) in [5.74, 6) is 1.26. The van der Waals surface area contributed by atoms with Crippen LogP contribution in [0.3, 0.4) is 0 Å². The van der Waals surface area contributed by atoms with Crippen molar-refractivity contribution in [1.29, 1.82) is 0 Å². The molecule has 1 fully saturated rings. The zero-order chi connectivity index (χ0) is 31.3. The summed E-state index contributed by atoms with van der Waals surface area (Å²) in [6.07, 6.45) is 5.27. The van der Waals surface area contributed by atoms with Crippen LogP contribution in [0.5, 0.6) is 0 Å². The highest BCUT2D eigenvalue weighted by molar-refractivity contribution is 7.01. The molecule has 4 aromatic carbocycles. The molecule has 2 bridgehead atoms. The summed E-state index contributed by atoms with van der Waals surface area (Å²) in [5.41, 5.74) is 18.6. The van der Waals surface area contributed by atoms with Gasteiger partial charge < -0.3 is 4.90 Å². The Balaban J connectivity index is 1.43. The van der Waals surface area contributed by atoms with Crippen LogP contribution in [-0.2, 0) is 10.8 Å². The monoisotopic (exact) mass is 599 g/mol. The van der Waals surface area contributed by atoms with E-state index in [2.05, 4.69) is 140 Å². The van der Waals surface area contributed by atoms with E-state index in [1.165, 1.54) is 92.5 Å². The molecule has 0 N–H and O–H groups in total. The highest BCUT2D eigenvalue weighted by Gasteiger charge is 2.48. The Morgan fingerprint density at radius 2 is 1.26 bits per heavy atom. The van der Waals surface area contributed by atoms with E-state index < -0.39 is 0 Å². The number of fused-ring (bicyclic) bond motifs is 9. The number of anilines is 3. The van der Waals surface area contributed by atoms with Crippen molar-refractivity contribution in [3.63, 3.8) is 0 Å². The summed E-state index contributed by atoms with van der Waals surface area (Å²) in [4.78, 5) is 2.56. The smallest absolute Gasteiger partial charge is 0.255 e. The first kappa shape index (κ1) is 27.0. The van der Waals surface area contributed by atoms with Gasteiger partial charge in [0.25, 0.3) is 6.71 Å². The van der Waals surface area contributed by atoms with Gasteiger partial charge in [0.1, 0.15) is 5.65 Å². The van der Waals surface area contributed by atoms with E-state index in [1.807, 2.05) is 0 Å². The molecule has 0 atom stereocenters. The normalized spacial score (nSPS) is 19.5. The minimum Gasteiger partial charge on any atom is -0.311 e. The second kappa shape index (κ2) is 8.79. The Bertz CT molecular complexity index is 2250. The van der Waals surface area contributed by atoms with Gasteiger partial charge in [-0.1, -0.05) is 90.1 Å². The van der Waals surface area contributed by atoms with Crippen molar-refractivity contribution in [1.82, 2.24) is 8.97 Å². The number of hydrogen-bond acceptors (Lipinski definition) is 1. The van der Waals surface area contributed by atoms with E-state index in [1.54, 1.807) is 11.4 Å². The van der Waals surface area contributed by atoms with E-state index in [-0.39, 0.29) is 17.5 Å². The van der Waals surface area contributed by atoms with E-state index in [0.29, 0.717) is 11.8 Å². The summed E-state index contributed by atoms with van der Waals surface area (Å²) in [7, 11) is 0. The molecule has 4 heterocycles. The number of aromatic nitrogens is 2. The molecular weight excluding hydrogens is 557 g/mol. The quantitative estimate of drug-likeness (QED) is 0.172. The summed E-state index contributed by atoms with van der Waals surface area (Å²) in [6.45, 7) is 14.4. The number of hydrogen-bond donors (Lipinski definition) is 0. The molecule has 46 heavy (non-hydrogen) atoms. The van der Waals surface area contributed by atoms with Crippen LogP contribution in [0.2, 0.25) is 0 Å². The Labute approximate surface area is 272 Å². The molecule has 0 saturated heterocycles. The van der Waals surface area contributed by atoms with Gasteiger partial charge in [0.05, 0.1) is 5.52 Å². The highest BCUT2D eigenvalue weighted by atomic mass is 15.2. The standard InChI is InChI=1S/C42H42BN3/c1-41(2,3)27-20-21-30-33(22-27)45-38-25-16-18-26(19-17-25)39(38)46-35-24-28(42(4,5)6)23-34-37(35)43(36(30)40(45)46)31-14-10-11-15-32(31)44(34)29-12-8-7-9-13-29/h7-15,20-26H,16-19H2,1-6H3. The molecule has 0 amide bonds. The topological polar surface area (TPSA) is 12.6 Å². The van der Waals surface area contributed by atoms with Crippen LogP contribution >= 0.6 is 0 Å². The second-order valence-corrected chi connectivity index (χ2v) is 16.6. The number of imidazole rings is 1. The lowest BCUT2D eigenvalue weighted by molar-refractivity contribution is 0.343. The number of rotatable bonds is 1. The first-order valence-electron chi connectivity index (χ1n) is 17.5. The largest absolute Gasteiger partial charge is 0.311 e. The highest BCUT2D eigenvalue weighted by Crippen LogP contribution is 2.53. The molecule has 4 heteroatoms. The van der Waals surface area contributed by atoms with Gasteiger partial charge in [-0.25, -0.2) is 0 Å². The molecule has 228 valence electrons. The van der Waals surface area contributed by atoms with E-state index in [4.69, 9.17) is 0 Å². The van der Waals surface area contributed by atoms with Gasteiger partial charge in [-0.05, 0) is 106 Å². The number of benzene rings is 4. The lowest BCUT2D eigenvalue weighted by Crippen LogP contribution is -2.60. The van der Waals surface area contributed by atoms with Gasteiger partial charge in [0, 0.05) is 46.0 Å². The summed E-state index contributed by atoms with van der Waals surface area (Å²) in [5, 5.41) is 1.42. The maximum absolute atomic E-state index is 2.79.